The minimum absolute atomic E-state index is 0.0393. The van der Waals surface area contributed by atoms with Crippen LogP contribution >= 0.6 is 23.4 Å². The monoisotopic (exact) mass is 371 g/mol. The van der Waals surface area contributed by atoms with Crippen LogP contribution in [-0.2, 0) is 11.2 Å². The van der Waals surface area contributed by atoms with Crippen molar-refractivity contribution in [2.75, 3.05) is 17.2 Å². The molecule has 0 atom stereocenters. The summed E-state index contributed by atoms with van der Waals surface area (Å²) >= 11 is 7.22. The van der Waals surface area contributed by atoms with Crippen molar-refractivity contribution in [3.05, 3.63) is 59.1 Å². The lowest BCUT2D eigenvalue weighted by molar-refractivity contribution is -0.116. The Morgan fingerprint density at radius 2 is 2.08 bits per heavy atom. The van der Waals surface area contributed by atoms with Crippen molar-refractivity contribution in [3.63, 3.8) is 0 Å². The van der Waals surface area contributed by atoms with E-state index in [-0.39, 0.29) is 11.7 Å². The standard InChI is InChI=1S/C18H14ClN3O2S/c19-14-6-3-5-13(10-14)17-20-21-18(24-17)25-11-16(23)22-9-8-12-4-1-2-7-15(12)22/h1-7,10H,8-9,11H2. The van der Waals surface area contributed by atoms with Crippen molar-refractivity contribution in [2.24, 2.45) is 0 Å². The van der Waals surface area contributed by atoms with E-state index in [4.69, 9.17) is 16.0 Å². The maximum absolute atomic E-state index is 12.5. The molecule has 1 aliphatic heterocycles. The number of amides is 1. The van der Waals surface area contributed by atoms with Crippen molar-refractivity contribution in [3.8, 4) is 11.5 Å². The Hall–Kier alpha value is -2.31. The zero-order chi connectivity index (χ0) is 17.2. The molecule has 25 heavy (non-hydrogen) atoms. The van der Waals surface area contributed by atoms with Crippen LogP contribution in [0.2, 0.25) is 5.02 Å². The van der Waals surface area contributed by atoms with Crippen molar-refractivity contribution < 1.29 is 9.21 Å². The van der Waals surface area contributed by atoms with E-state index in [9.17, 15) is 4.79 Å². The van der Waals surface area contributed by atoms with E-state index >= 15 is 0 Å². The molecule has 2 heterocycles. The molecule has 2 aromatic carbocycles. The molecule has 1 aliphatic rings. The molecule has 0 spiro atoms. The van der Waals surface area contributed by atoms with Gasteiger partial charge in [-0.2, -0.15) is 0 Å². The van der Waals surface area contributed by atoms with Gasteiger partial charge in [0.15, 0.2) is 0 Å². The Morgan fingerprint density at radius 1 is 1.20 bits per heavy atom. The summed E-state index contributed by atoms with van der Waals surface area (Å²) in [5.74, 6) is 0.687. The Bertz CT molecular complexity index is 928. The summed E-state index contributed by atoms with van der Waals surface area (Å²) in [6, 6.07) is 15.2. The Balaban J connectivity index is 1.42. The third-order valence-electron chi connectivity index (χ3n) is 3.99. The first-order chi connectivity index (χ1) is 12.2. The smallest absolute Gasteiger partial charge is 0.277 e. The molecule has 0 radical (unpaired) electrons. The lowest BCUT2D eigenvalue weighted by Crippen LogP contribution is -2.30. The van der Waals surface area contributed by atoms with Crippen molar-refractivity contribution in [2.45, 2.75) is 11.6 Å². The molecule has 7 heteroatoms. The minimum atomic E-state index is 0.0393. The molecular weight excluding hydrogens is 358 g/mol. The maximum Gasteiger partial charge on any atom is 0.277 e. The van der Waals surface area contributed by atoms with E-state index in [0.717, 1.165) is 24.2 Å². The Kier molecular flexibility index (Phi) is 4.46. The van der Waals surface area contributed by atoms with Crippen LogP contribution in [0.3, 0.4) is 0 Å². The second kappa shape index (κ2) is 6.90. The summed E-state index contributed by atoms with van der Waals surface area (Å²) < 4.78 is 5.62. The maximum atomic E-state index is 12.5. The van der Waals surface area contributed by atoms with Crippen LogP contribution in [-0.4, -0.2) is 28.4 Å². The zero-order valence-corrected chi connectivity index (χ0v) is 14.8. The van der Waals surface area contributed by atoms with E-state index in [1.165, 1.54) is 17.3 Å². The number of carbonyl (C=O) groups excluding carboxylic acids is 1. The predicted molar refractivity (Wildman–Crippen MR) is 98.0 cm³/mol. The van der Waals surface area contributed by atoms with Gasteiger partial charge in [0.05, 0.1) is 5.75 Å². The molecule has 0 unspecified atom stereocenters. The first kappa shape index (κ1) is 16.2. The highest BCUT2D eigenvalue weighted by Gasteiger charge is 2.24. The molecule has 126 valence electrons. The van der Waals surface area contributed by atoms with Gasteiger partial charge in [-0.1, -0.05) is 47.6 Å². The molecule has 0 aliphatic carbocycles. The lowest BCUT2D eigenvalue weighted by atomic mass is 10.2. The van der Waals surface area contributed by atoms with Crippen LogP contribution < -0.4 is 4.90 Å². The van der Waals surface area contributed by atoms with Gasteiger partial charge in [-0.05, 0) is 36.2 Å². The van der Waals surface area contributed by atoms with Gasteiger partial charge in [0.1, 0.15) is 0 Å². The molecule has 0 saturated carbocycles. The molecule has 0 saturated heterocycles. The van der Waals surface area contributed by atoms with E-state index in [0.29, 0.717) is 16.1 Å². The number of hydrogen-bond acceptors (Lipinski definition) is 5. The number of nitrogens with zero attached hydrogens (tertiary/aromatic N) is 3. The van der Waals surface area contributed by atoms with Gasteiger partial charge in [0.25, 0.3) is 5.22 Å². The fourth-order valence-electron chi connectivity index (χ4n) is 2.80. The molecule has 0 bridgehead atoms. The van der Waals surface area contributed by atoms with Crippen molar-refractivity contribution >= 4 is 35.0 Å². The number of benzene rings is 2. The normalized spacial score (nSPS) is 13.1. The largest absolute Gasteiger partial charge is 0.411 e. The van der Waals surface area contributed by atoms with Gasteiger partial charge in [-0.3, -0.25) is 4.79 Å². The second-order valence-electron chi connectivity index (χ2n) is 5.60. The van der Waals surface area contributed by atoms with Crippen LogP contribution in [0.5, 0.6) is 0 Å². The lowest BCUT2D eigenvalue weighted by Gasteiger charge is -2.16. The van der Waals surface area contributed by atoms with Crippen LogP contribution in [0.25, 0.3) is 11.5 Å². The summed E-state index contributed by atoms with van der Waals surface area (Å²) in [7, 11) is 0. The SMILES string of the molecule is O=C(CSc1nnc(-c2cccc(Cl)c2)o1)N1CCc2ccccc21. The number of rotatable bonds is 4. The molecule has 5 nitrogen and oxygen atoms in total. The molecule has 1 amide bonds. The van der Waals surface area contributed by atoms with Crippen molar-refractivity contribution in [1.29, 1.82) is 0 Å². The second-order valence-corrected chi connectivity index (χ2v) is 6.96. The molecular formula is C18H14ClN3O2S. The third-order valence-corrected chi connectivity index (χ3v) is 5.02. The number of thioether (sulfide) groups is 1. The predicted octanol–water partition coefficient (Wildman–Crippen LogP) is 4.07. The molecule has 1 aromatic heterocycles. The average Bonchev–Trinajstić information content (AvgIpc) is 3.27. The summed E-state index contributed by atoms with van der Waals surface area (Å²) in [6.07, 6.45) is 0.895. The molecule has 3 aromatic rings. The third kappa shape index (κ3) is 3.41. The summed E-state index contributed by atoms with van der Waals surface area (Å²) in [5.41, 5.74) is 2.96. The van der Waals surface area contributed by atoms with Crippen LogP contribution in [0.15, 0.2) is 58.2 Å². The fraction of sp³-hybridized carbons (Fsp3) is 0.167. The zero-order valence-electron chi connectivity index (χ0n) is 13.2. The summed E-state index contributed by atoms with van der Waals surface area (Å²) in [5, 5.41) is 8.99. The van der Waals surface area contributed by atoms with Gasteiger partial charge < -0.3 is 9.32 Å². The van der Waals surface area contributed by atoms with E-state index in [1.807, 2.05) is 35.2 Å². The Morgan fingerprint density at radius 3 is 2.96 bits per heavy atom. The molecule has 0 fully saturated rings. The topological polar surface area (TPSA) is 59.2 Å². The van der Waals surface area contributed by atoms with Gasteiger partial charge in [0.2, 0.25) is 11.8 Å². The highest BCUT2D eigenvalue weighted by molar-refractivity contribution is 7.99. The number of aromatic nitrogens is 2. The number of para-hydroxylation sites is 1. The summed E-state index contributed by atoms with van der Waals surface area (Å²) in [6.45, 7) is 0.719. The highest BCUT2D eigenvalue weighted by atomic mass is 35.5. The van der Waals surface area contributed by atoms with Crippen LogP contribution in [0.4, 0.5) is 5.69 Å². The van der Waals surface area contributed by atoms with E-state index in [1.54, 1.807) is 12.1 Å². The average molecular weight is 372 g/mol. The number of carbonyl (C=O) groups is 1. The number of hydrogen-bond donors (Lipinski definition) is 0. The van der Waals surface area contributed by atoms with Gasteiger partial charge in [-0.25, -0.2) is 0 Å². The first-order valence-electron chi connectivity index (χ1n) is 7.81. The molecule has 0 N–H and O–H groups in total. The quantitative estimate of drug-likeness (QED) is 0.647. The number of halogens is 1. The molecule has 4 rings (SSSR count). The van der Waals surface area contributed by atoms with E-state index < -0.39 is 0 Å². The van der Waals surface area contributed by atoms with E-state index in [2.05, 4.69) is 16.3 Å². The minimum Gasteiger partial charge on any atom is -0.411 e. The van der Waals surface area contributed by atoms with Gasteiger partial charge in [-0.15, -0.1) is 10.2 Å². The van der Waals surface area contributed by atoms with Crippen molar-refractivity contribution in [1.82, 2.24) is 10.2 Å². The summed E-state index contributed by atoms with van der Waals surface area (Å²) in [4.78, 5) is 14.3. The highest BCUT2D eigenvalue weighted by Crippen LogP contribution is 2.29. The number of fused-ring (bicyclic) bond motifs is 1. The Labute approximate surface area is 154 Å². The van der Waals surface area contributed by atoms with Crippen LogP contribution in [0, 0.1) is 0 Å². The fourth-order valence-corrected chi connectivity index (χ4v) is 3.63. The van der Waals surface area contributed by atoms with Crippen LogP contribution in [0.1, 0.15) is 5.56 Å². The first-order valence-corrected chi connectivity index (χ1v) is 9.17. The number of anilines is 1. The van der Waals surface area contributed by atoms with Gasteiger partial charge in [0, 0.05) is 22.8 Å². The van der Waals surface area contributed by atoms with Gasteiger partial charge >= 0.3 is 0 Å².